The quantitative estimate of drug-likeness (QED) is 0.671. The number of hydrogen-bond acceptors (Lipinski definition) is 3. The molecule has 12 heavy (non-hydrogen) atoms. The lowest BCUT2D eigenvalue weighted by Gasteiger charge is -2.28. The maximum absolute atomic E-state index is 5.92. The number of rotatable bonds is 3. The van der Waals surface area contributed by atoms with Crippen LogP contribution in [0.4, 0.5) is 0 Å². The van der Waals surface area contributed by atoms with E-state index in [1.165, 1.54) is 0 Å². The SMILES string of the molecule is COCC(C)N1CCC(N)C1C. The van der Waals surface area contributed by atoms with Gasteiger partial charge in [0.2, 0.25) is 0 Å². The molecule has 3 nitrogen and oxygen atoms in total. The van der Waals surface area contributed by atoms with Gasteiger partial charge in [-0.1, -0.05) is 0 Å². The van der Waals surface area contributed by atoms with Gasteiger partial charge < -0.3 is 10.5 Å². The molecule has 3 unspecified atom stereocenters. The third kappa shape index (κ3) is 1.97. The van der Waals surface area contributed by atoms with E-state index in [0.717, 1.165) is 19.6 Å². The molecular formula is C9H20N2O. The van der Waals surface area contributed by atoms with Crippen LogP contribution >= 0.6 is 0 Å². The molecule has 0 amide bonds. The van der Waals surface area contributed by atoms with E-state index in [2.05, 4.69) is 18.7 Å². The number of hydrogen-bond donors (Lipinski definition) is 1. The van der Waals surface area contributed by atoms with E-state index < -0.39 is 0 Å². The molecule has 1 saturated heterocycles. The van der Waals surface area contributed by atoms with Crippen LogP contribution in [0.2, 0.25) is 0 Å². The standard InChI is InChI=1S/C9H20N2O/c1-7(6-12-3)11-5-4-9(10)8(11)2/h7-9H,4-6,10H2,1-3H3. The average Bonchev–Trinajstić information content (AvgIpc) is 2.34. The summed E-state index contributed by atoms with van der Waals surface area (Å²) in [5.74, 6) is 0. The van der Waals surface area contributed by atoms with Crippen molar-refractivity contribution in [1.29, 1.82) is 0 Å². The van der Waals surface area contributed by atoms with Crippen LogP contribution in [0.5, 0.6) is 0 Å². The van der Waals surface area contributed by atoms with E-state index in [1.54, 1.807) is 7.11 Å². The van der Waals surface area contributed by atoms with Crippen LogP contribution in [0.15, 0.2) is 0 Å². The van der Waals surface area contributed by atoms with Crippen molar-refractivity contribution in [3.05, 3.63) is 0 Å². The first-order valence-corrected chi connectivity index (χ1v) is 4.67. The van der Waals surface area contributed by atoms with Gasteiger partial charge >= 0.3 is 0 Å². The summed E-state index contributed by atoms with van der Waals surface area (Å²) in [5, 5.41) is 0. The molecule has 0 aromatic carbocycles. The summed E-state index contributed by atoms with van der Waals surface area (Å²) in [6, 6.07) is 1.36. The Labute approximate surface area is 74.9 Å². The zero-order valence-corrected chi connectivity index (χ0v) is 8.29. The van der Waals surface area contributed by atoms with Crippen molar-refractivity contribution >= 4 is 0 Å². The van der Waals surface area contributed by atoms with Gasteiger partial charge in [0, 0.05) is 31.8 Å². The lowest BCUT2D eigenvalue weighted by atomic mass is 10.1. The number of ether oxygens (including phenoxy) is 1. The van der Waals surface area contributed by atoms with Crippen molar-refractivity contribution in [2.75, 3.05) is 20.3 Å². The second-order valence-electron chi connectivity index (χ2n) is 3.74. The number of methoxy groups -OCH3 is 1. The van der Waals surface area contributed by atoms with E-state index >= 15 is 0 Å². The molecule has 0 saturated carbocycles. The molecule has 0 aromatic heterocycles. The lowest BCUT2D eigenvalue weighted by molar-refractivity contribution is 0.0938. The fourth-order valence-corrected chi connectivity index (χ4v) is 1.95. The molecule has 3 atom stereocenters. The predicted octanol–water partition coefficient (Wildman–Crippen LogP) is 0.443. The third-order valence-corrected chi connectivity index (χ3v) is 2.84. The van der Waals surface area contributed by atoms with Crippen molar-refractivity contribution in [2.24, 2.45) is 5.73 Å². The molecule has 1 rings (SSSR count). The normalized spacial score (nSPS) is 34.0. The number of likely N-dealkylation sites (tertiary alicyclic amines) is 1. The van der Waals surface area contributed by atoms with Gasteiger partial charge in [0.15, 0.2) is 0 Å². The highest BCUT2D eigenvalue weighted by atomic mass is 16.5. The van der Waals surface area contributed by atoms with Gasteiger partial charge in [-0.3, -0.25) is 4.90 Å². The molecule has 1 aliphatic rings. The highest BCUT2D eigenvalue weighted by molar-refractivity contribution is 4.89. The Hall–Kier alpha value is -0.120. The predicted molar refractivity (Wildman–Crippen MR) is 50.1 cm³/mol. The van der Waals surface area contributed by atoms with Crippen molar-refractivity contribution in [1.82, 2.24) is 4.90 Å². The Morgan fingerprint density at radius 2 is 2.33 bits per heavy atom. The molecule has 0 aromatic rings. The van der Waals surface area contributed by atoms with Crippen molar-refractivity contribution in [2.45, 2.75) is 38.4 Å². The van der Waals surface area contributed by atoms with E-state index in [0.29, 0.717) is 18.1 Å². The van der Waals surface area contributed by atoms with Gasteiger partial charge in [-0.05, 0) is 20.3 Å². The van der Waals surface area contributed by atoms with E-state index in [4.69, 9.17) is 10.5 Å². The summed E-state index contributed by atoms with van der Waals surface area (Å²) in [5.41, 5.74) is 5.92. The van der Waals surface area contributed by atoms with E-state index in [9.17, 15) is 0 Å². The summed E-state index contributed by atoms with van der Waals surface area (Å²) >= 11 is 0. The van der Waals surface area contributed by atoms with E-state index in [-0.39, 0.29) is 0 Å². The van der Waals surface area contributed by atoms with Gasteiger partial charge in [-0.25, -0.2) is 0 Å². The molecule has 3 heteroatoms. The Balaban J connectivity index is 2.41. The molecule has 0 aliphatic carbocycles. The first-order valence-electron chi connectivity index (χ1n) is 4.67. The van der Waals surface area contributed by atoms with Crippen molar-refractivity contribution < 1.29 is 4.74 Å². The smallest absolute Gasteiger partial charge is 0.0615 e. The Morgan fingerprint density at radius 1 is 1.67 bits per heavy atom. The average molecular weight is 172 g/mol. The molecule has 0 bridgehead atoms. The molecule has 2 N–H and O–H groups in total. The molecule has 0 spiro atoms. The highest BCUT2D eigenvalue weighted by Gasteiger charge is 2.30. The van der Waals surface area contributed by atoms with Gasteiger partial charge in [0.1, 0.15) is 0 Å². The molecule has 72 valence electrons. The van der Waals surface area contributed by atoms with Gasteiger partial charge in [0.25, 0.3) is 0 Å². The van der Waals surface area contributed by atoms with Crippen LogP contribution in [-0.4, -0.2) is 43.3 Å². The van der Waals surface area contributed by atoms with Crippen LogP contribution < -0.4 is 5.73 Å². The maximum Gasteiger partial charge on any atom is 0.0615 e. The Kier molecular flexibility index (Phi) is 3.50. The van der Waals surface area contributed by atoms with Crippen LogP contribution in [-0.2, 0) is 4.74 Å². The second kappa shape index (κ2) is 4.21. The number of nitrogens with zero attached hydrogens (tertiary/aromatic N) is 1. The Morgan fingerprint density at radius 3 is 2.75 bits per heavy atom. The Bertz CT molecular complexity index is 140. The molecular weight excluding hydrogens is 152 g/mol. The molecule has 0 radical (unpaired) electrons. The monoisotopic (exact) mass is 172 g/mol. The van der Waals surface area contributed by atoms with Crippen molar-refractivity contribution in [3.8, 4) is 0 Å². The van der Waals surface area contributed by atoms with Gasteiger partial charge in [-0.2, -0.15) is 0 Å². The fraction of sp³-hybridized carbons (Fsp3) is 1.00. The highest BCUT2D eigenvalue weighted by Crippen LogP contribution is 2.18. The third-order valence-electron chi connectivity index (χ3n) is 2.84. The van der Waals surface area contributed by atoms with Crippen LogP contribution in [0, 0.1) is 0 Å². The summed E-state index contributed by atoms with van der Waals surface area (Å²) in [6.45, 7) is 6.31. The number of nitrogens with two attached hydrogens (primary N) is 1. The first-order chi connectivity index (χ1) is 5.66. The van der Waals surface area contributed by atoms with Crippen LogP contribution in [0.3, 0.4) is 0 Å². The van der Waals surface area contributed by atoms with Gasteiger partial charge in [-0.15, -0.1) is 0 Å². The summed E-state index contributed by atoms with van der Waals surface area (Å²) in [7, 11) is 1.75. The topological polar surface area (TPSA) is 38.5 Å². The minimum atomic E-state index is 0.351. The first kappa shape index (κ1) is 9.96. The lowest BCUT2D eigenvalue weighted by Crippen LogP contribution is -2.43. The minimum Gasteiger partial charge on any atom is -0.383 e. The molecule has 1 heterocycles. The molecule has 1 aliphatic heterocycles. The zero-order valence-electron chi connectivity index (χ0n) is 8.29. The largest absolute Gasteiger partial charge is 0.383 e. The summed E-state index contributed by atoms with van der Waals surface area (Å²) in [4.78, 5) is 2.42. The fourth-order valence-electron chi connectivity index (χ4n) is 1.95. The van der Waals surface area contributed by atoms with Crippen LogP contribution in [0.25, 0.3) is 0 Å². The van der Waals surface area contributed by atoms with Crippen LogP contribution in [0.1, 0.15) is 20.3 Å². The zero-order chi connectivity index (χ0) is 9.14. The second-order valence-corrected chi connectivity index (χ2v) is 3.74. The van der Waals surface area contributed by atoms with Crippen molar-refractivity contribution in [3.63, 3.8) is 0 Å². The summed E-state index contributed by atoms with van der Waals surface area (Å²) in [6.07, 6.45) is 1.12. The minimum absolute atomic E-state index is 0.351. The maximum atomic E-state index is 5.92. The molecule has 1 fully saturated rings. The summed E-state index contributed by atoms with van der Waals surface area (Å²) < 4.78 is 5.12. The van der Waals surface area contributed by atoms with E-state index in [1.807, 2.05) is 0 Å². The van der Waals surface area contributed by atoms with Gasteiger partial charge in [0.05, 0.1) is 6.61 Å².